The van der Waals surface area contributed by atoms with Crippen molar-refractivity contribution in [2.45, 2.75) is 26.2 Å². The smallest absolute Gasteiger partial charge is 0.269 e. The number of anilines is 1. The van der Waals surface area contributed by atoms with Crippen LogP contribution in [0.15, 0.2) is 72.0 Å². The van der Waals surface area contributed by atoms with Gasteiger partial charge in [0, 0.05) is 41.8 Å². The molecule has 9 heteroatoms. The number of rotatable bonds is 8. The van der Waals surface area contributed by atoms with E-state index in [1.165, 1.54) is 19.4 Å². The molecule has 0 aliphatic rings. The molecule has 2 N–H and O–H groups in total. The number of nitrogens with zero attached hydrogens (tertiary/aromatic N) is 5. The number of pyridine rings is 2. The minimum Gasteiger partial charge on any atom is -0.354 e. The lowest BCUT2D eigenvalue weighted by Crippen LogP contribution is -2.19. The second kappa shape index (κ2) is 12.2. The highest BCUT2D eigenvalue weighted by Crippen LogP contribution is 2.28. The summed E-state index contributed by atoms with van der Waals surface area (Å²) in [7, 11) is 1.52. The second-order valence-electron chi connectivity index (χ2n) is 8.93. The zero-order chi connectivity index (χ0) is 28.6. The van der Waals surface area contributed by atoms with E-state index in [4.69, 9.17) is 0 Å². The second-order valence-corrected chi connectivity index (χ2v) is 8.93. The highest BCUT2D eigenvalue weighted by molar-refractivity contribution is 6.04. The lowest BCUT2D eigenvalue weighted by molar-refractivity contribution is 0.0957. The molecule has 0 fully saturated rings. The molecule has 2 heterocycles. The van der Waals surface area contributed by atoms with Crippen molar-refractivity contribution in [3.05, 3.63) is 101 Å². The molecule has 39 heavy (non-hydrogen) atoms. The first-order valence-corrected chi connectivity index (χ1v) is 11.9. The molecule has 0 unspecified atom stereocenters. The molecule has 0 aliphatic heterocycles. The monoisotopic (exact) mass is 517 g/mol. The molecule has 0 saturated carbocycles. The highest BCUT2D eigenvalue weighted by atomic mass is 16.2. The van der Waals surface area contributed by atoms with Gasteiger partial charge in [-0.15, -0.1) is 0 Å². The van der Waals surface area contributed by atoms with Gasteiger partial charge >= 0.3 is 0 Å². The number of hydrogen-bond donors (Lipinski definition) is 2. The SMILES string of the molecule is C=N/C(=C\C(=C/C)c1cc(NC(=O)c2ccnc(C(C)(C)C#N)c2)ccc1C#N)c1ccnc(C(=O)NC)c1. The van der Waals surface area contributed by atoms with E-state index in [1.54, 1.807) is 62.4 Å². The van der Waals surface area contributed by atoms with E-state index >= 15 is 0 Å². The summed E-state index contributed by atoms with van der Waals surface area (Å²) in [5, 5.41) is 24.6. The number of carbonyl (C=O) groups is 2. The molecule has 0 spiro atoms. The predicted molar refractivity (Wildman–Crippen MR) is 151 cm³/mol. The largest absolute Gasteiger partial charge is 0.354 e. The Hall–Kier alpha value is -5.41. The molecule has 0 aliphatic carbocycles. The van der Waals surface area contributed by atoms with Gasteiger partial charge in [0.05, 0.1) is 34.5 Å². The summed E-state index contributed by atoms with van der Waals surface area (Å²) >= 11 is 0. The first-order valence-electron chi connectivity index (χ1n) is 11.9. The fourth-order valence-electron chi connectivity index (χ4n) is 3.66. The van der Waals surface area contributed by atoms with Crippen LogP contribution in [0.25, 0.3) is 11.3 Å². The maximum atomic E-state index is 13.0. The Morgan fingerprint density at radius 1 is 1.03 bits per heavy atom. The molecular weight excluding hydrogens is 490 g/mol. The van der Waals surface area contributed by atoms with Crippen molar-refractivity contribution in [3.63, 3.8) is 0 Å². The van der Waals surface area contributed by atoms with Crippen LogP contribution in [0.3, 0.4) is 0 Å². The molecule has 194 valence electrons. The highest BCUT2D eigenvalue weighted by Gasteiger charge is 2.23. The van der Waals surface area contributed by atoms with Crippen molar-refractivity contribution in [1.29, 1.82) is 10.5 Å². The van der Waals surface area contributed by atoms with Crippen molar-refractivity contribution >= 4 is 35.5 Å². The maximum absolute atomic E-state index is 13.0. The Kier molecular flexibility index (Phi) is 8.82. The Labute approximate surface area is 227 Å². The van der Waals surface area contributed by atoms with Gasteiger partial charge in [0.15, 0.2) is 0 Å². The lowest BCUT2D eigenvalue weighted by atomic mass is 9.90. The normalized spacial score (nSPS) is 11.6. The average molecular weight is 518 g/mol. The number of hydrogen-bond acceptors (Lipinski definition) is 7. The van der Waals surface area contributed by atoms with E-state index in [2.05, 4.69) is 44.4 Å². The summed E-state index contributed by atoms with van der Waals surface area (Å²) in [6, 6.07) is 15.8. The number of allylic oxidation sites excluding steroid dienone is 3. The van der Waals surface area contributed by atoms with Gasteiger partial charge in [-0.2, -0.15) is 10.5 Å². The van der Waals surface area contributed by atoms with Crippen molar-refractivity contribution in [2.24, 2.45) is 4.99 Å². The van der Waals surface area contributed by atoms with Crippen LogP contribution < -0.4 is 10.6 Å². The molecule has 0 bridgehead atoms. The quantitative estimate of drug-likeness (QED) is 0.321. The third-order valence-electron chi connectivity index (χ3n) is 5.94. The summed E-state index contributed by atoms with van der Waals surface area (Å²) in [4.78, 5) is 37.5. The Balaban J connectivity index is 1.98. The molecule has 3 aromatic rings. The van der Waals surface area contributed by atoms with Gasteiger partial charge in [0.25, 0.3) is 11.8 Å². The first-order chi connectivity index (χ1) is 18.7. The Bertz CT molecular complexity index is 1590. The lowest BCUT2D eigenvalue weighted by Gasteiger charge is -2.15. The van der Waals surface area contributed by atoms with E-state index in [0.717, 1.165) is 0 Å². The van der Waals surface area contributed by atoms with Crippen molar-refractivity contribution in [1.82, 2.24) is 15.3 Å². The summed E-state index contributed by atoms with van der Waals surface area (Å²) in [6.07, 6.45) is 6.56. The maximum Gasteiger partial charge on any atom is 0.269 e. The van der Waals surface area contributed by atoms with Crippen LogP contribution in [0.4, 0.5) is 5.69 Å². The average Bonchev–Trinajstić information content (AvgIpc) is 2.97. The zero-order valence-electron chi connectivity index (χ0n) is 22.1. The molecule has 3 rings (SSSR count). The van der Waals surface area contributed by atoms with E-state index < -0.39 is 5.41 Å². The van der Waals surface area contributed by atoms with Gasteiger partial charge in [-0.3, -0.25) is 24.5 Å². The predicted octanol–water partition coefficient (Wildman–Crippen LogP) is 4.91. The van der Waals surface area contributed by atoms with Crippen LogP contribution in [-0.2, 0) is 5.41 Å². The van der Waals surface area contributed by atoms with Crippen LogP contribution in [-0.4, -0.2) is 35.5 Å². The number of nitriles is 2. The topological polar surface area (TPSA) is 144 Å². The zero-order valence-corrected chi connectivity index (χ0v) is 22.1. The minimum atomic E-state index is -0.849. The van der Waals surface area contributed by atoms with Gasteiger partial charge in [-0.1, -0.05) is 6.08 Å². The molecule has 1 aromatic carbocycles. The third-order valence-corrected chi connectivity index (χ3v) is 5.94. The van der Waals surface area contributed by atoms with Crippen molar-refractivity contribution in [3.8, 4) is 12.1 Å². The van der Waals surface area contributed by atoms with Gasteiger partial charge < -0.3 is 10.6 Å². The molecule has 0 radical (unpaired) electrons. The van der Waals surface area contributed by atoms with Crippen LogP contribution >= 0.6 is 0 Å². The van der Waals surface area contributed by atoms with Crippen LogP contribution in [0, 0.1) is 22.7 Å². The minimum absolute atomic E-state index is 0.228. The number of nitrogens with one attached hydrogen (secondary N) is 2. The summed E-state index contributed by atoms with van der Waals surface area (Å²) in [5.74, 6) is -0.716. The standard InChI is InChI=1S/C30H27N7O2/c1-6-19(13-25(33-4)20-9-11-35-26(14-20)29(39)34-5)24-16-23(8-7-22(24)17-31)37-28(38)21-10-12-36-27(15-21)30(2,3)18-32/h6-16H,4H2,1-3,5H3,(H,34,39)(H,37,38)/b19-6+,25-13-. The Morgan fingerprint density at radius 3 is 2.38 bits per heavy atom. The van der Waals surface area contributed by atoms with Crippen LogP contribution in [0.2, 0.25) is 0 Å². The van der Waals surface area contributed by atoms with E-state index in [-0.39, 0.29) is 17.5 Å². The number of benzene rings is 1. The third kappa shape index (κ3) is 6.48. The van der Waals surface area contributed by atoms with E-state index in [0.29, 0.717) is 44.9 Å². The number of aromatic nitrogens is 2. The Morgan fingerprint density at radius 2 is 1.74 bits per heavy atom. The summed E-state index contributed by atoms with van der Waals surface area (Å²) in [5.41, 5.74) is 3.40. The van der Waals surface area contributed by atoms with Crippen LogP contribution in [0.1, 0.15) is 64.0 Å². The fourth-order valence-corrected chi connectivity index (χ4v) is 3.66. The number of aliphatic imine (C=N–C) groups is 1. The first kappa shape index (κ1) is 28.2. The van der Waals surface area contributed by atoms with Crippen LogP contribution in [0.5, 0.6) is 0 Å². The van der Waals surface area contributed by atoms with Gasteiger partial charge in [0.1, 0.15) is 5.69 Å². The van der Waals surface area contributed by atoms with E-state index in [1.807, 2.05) is 13.0 Å². The van der Waals surface area contributed by atoms with Crippen molar-refractivity contribution in [2.75, 3.05) is 12.4 Å². The molecule has 2 amide bonds. The fraction of sp³-hybridized carbons (Fsp3) is 0.167. The van der Waals surface area contributed by atoms with Crippen molar-refractivity contribution < 1.29 is 9.59 Å². The molecule has 9 nitrogen and oxygen atoms in total. The molecule has 0 saturated heterocycles. The van der Waals surface area contributed by atoms with E-state index in [9.17, 15) is 20.1 Å². The van der Waals surface area contributed by atoms with Gasteiger partial charge in [-0.05, 0) is 81.6 Å². The van der Waals surface area contributed by atoms with Gasteiger partial charge in [0.2, 0.25) is 0 Å². The summed E-state index contributed by atoms with van der Waals surface area (Å²) < 4.78 is 0. The molecular formula is C30H27N7O2. The number of amides is 2. The van der Waals surface area contributed by atoms with Gasteiger partial charge in [-0.25, -0.2) is 0 Å². The number of carbonyl (C=O) groups excluding carboxylic acids is 2. The summed E-state index contributed by atoms with van der Waals surface area (Å²) in [6.45, 7) is 8.94. The molecule has 2 aromatic heterocycles. The molecule has 0 atom stereocenters.